The first-order chi connectivity index (χ1) is 8.66. The molecule has 1 aromatic carbocycles. The molecule has 18 heavy (non-hydrogen) atoms. The van der Waals surface area contributed by atoms with E-state index in [4.69, 9.17) is 0 Å². The maximum absolute atomic E-state index is 12.4. The van der Waals surface area contributed by atoms with Crippen LogP contribution in [0.4, 0.5) is 0 Å². The van der Waals surface area contributed by atoms with E-state index in [1.54, 1.807) is 18.2 Å². The Labute approximate surface area is 111 Å². The van der Waals surface area contributed by atoms with Crippen molar-refractivity contribution >= 4 is 26.8 Å². The van der Waals surface area contributed by atoms with Gasteiger partial charge >= 0.3 is 5.69 Å². The lowest BCUT2D eigenvalue weighted by Crippen LogP contribution is -2.38. The zero-order chi connectivity index (χ0) is 12.7. The number of aromatic amines is 1. The van der Waals surface area contributed by atoms with Gasteiger partial charge in [-0.1, -0.05) is 15.9 Å². The molecule has 5 nitrogen and oxygen atoms in total. The van der Waals surface area contributed by atoms with Gasteiger partial charge in [0.2, 0.25) is 0 Å². The van der Waals surface area contributed by atoms with Gasteiger partial charge < -0.3 is 10.3 Å². The van der Waals surface area contributed by atoms with Crippen molar-refractivity contribution in [3.05, 3.63) is 43.5 Å². The molecule has 0 spiro atoms. The molecule has 0 bridgehead atoms. The lowest BCUT2D eigenvalue weighted by Gasteiger charge is -2.12. The molecule has 1 atom stereocenters. The van der Waals surface area contributed by atoms with E-state index in [1.165, 1.54) is 4.57 Å². The lowest BCUT2D eigenvalue weighted by molar-refractivity contribution is 0.508. The molecule has 2 aromatic rings. The van der Waals surface area contributed by atoms with E-state index in [-0.39, 0.29) is 17.3 Å². The van der Waals surface area contributed by atoms with Crippen LogP contribution in [0.3, 0.4) is 0 Å². The zero-order valence-electron chi connectivity index (χ0n) is 9.57. The maximum atomic E-state index is 12.4. The first kappa shape index (κ1) is 11.7. The Hall–Kier alpha value is -1.40. The average Bonchev–Trinajstić information content (AvgIpc) is 2.84. The molecule has 1 aliphatic rings. The van der Waals surface area contributed by atoms with Gasteiger partial charge in [0.05, 0.1) is 16.9 Å². The van der Waals surface area contributed by atoms with Gasteiger partial charge in [0, 0.05) is 11.0 Å². The van der Waals surface area contributed by atoms with Gasteiger partial charge in [-0.05, 0) is 31.2 Å². The van der Waals surface area contributed by atoms with Crippen LogP contribution in [0, 0.1) is 0 Å². The molecular weight excluding hydrogens is 298 g/mol. The standard InChI is InChI=1S/C12H12BrN3O2/c13-7-1-2-10-9(5-7)11(17)16(12(18)15-10)8-3-4-14-6-8/h1-2,5,8,14H,3-4,6H2,(H,15,18). The fourth-order valence-corrected chi connectivity index (χ4v) is 2.75. The summed E-state index contributed by atoms with van der Waals surface area (Å²) in [4.78, 5) is 27.1. The predicted octanol–water partition coefficient (Wildman–Crippen LogP) is 0.987. The molecule has 1 aromatic heterocycles. The first-order valence-corrected chi connectivity index (χ1v) is 6.61. The number of aromatic nitrogens is 2. The van der Waals surface area contributed by atoms with Crippen molar-refractivity contribution in [3.63, 3.8) is 0 Å². The topological polar surface area (TPSA) is 66.9 Å². The summed E-state index contributed by atoms with van der Waals surface area (Å²) in [6.45, 7) is 1.51. The molecule has 1 unspecified atom stereocenters. The van der Waals surface area contributed by atoms with E-state index >= 15 is 0 Å². The van der Waals surface area contributed by atoms with Crippen LogP contribution in [0.2, 0.25) is 0 Å². The Morgan fingerprint density at radius 2 is 2.17 bits per heavy atom. The summed E-state index contributed by atoms with van der Waals surface area (Å²) in [5, 5.41) is 3.70. The Morgan fingerprint density at radius 1 is 1.33 bits per heavy atom. The van der Waals surface area contributed by atoms with E-state index < -0.39 is 0 Å². The zero-order valence-corrected chi connectivity index (χ0v) is 11.2. The first-order valence-electron chi connectivity index (χ1n) is 5.81. The fourth-order valence-electron chi connectivity index (χ4n) is 2.39. The molecule has 2 heterocycles. The summed E-state index contributed by atoms with van der Waals surface area (Å²) < 4.78 is 2.16. The van der Waals surface area contributed by atoms with E-state index in [1.807, 2.05) is 0 Å². The van der Waals surface area contributed by atoms with Gasteiger partial charge in [-0.15, -0.1) is 0 Å². The van der Waals surface area contributed by atoms with Gasteiger partial charge in [-0.3, -0.25) is 9.36 Å². The van der Waals surface area contributed by atoms with E-state index in [9.17, 15) is 9.59 Å². The van der Waals surface area contributed by atoms with Crippen LogP contribution in [-0.4, -0.2) is 22.6 Å². The van der Waals surface area contributed by atoms with Crippen LogP contribution < -0.4 is 16.6 Å². The number of nitrogens with zero attached hydrogens (tertiary/aromatic N) is 1. The van der Waals surface area contributed by atoms with Crippen molar-refractivity contribution in [1.29, 1.82) is 0 Å². The largest absolute Gasteiger partial charge is 0.329 e. The molecule has 0 amide bonds. The minimum Gasteiger partial charge on any atom is -0.315 e. The van der Waals surface area contributed by atoms with E-state index in [0.717, 1.165) is 17.4 Å². The Kier molecular flexibility index (Phi) is 2.83. The lowest BCUT2D eigenvalue weighted by atomic mass is 10.2. The van der Waals surface area contributed by atoms with Crippen molar-refractivity contribution in [2.75, 3.05) is 13.1 Å². The smallest absolute Gasteiger partial charge is 0.315 e. The number of hydrogen-bond donors (Lipinski definition) is 2. The quantitative estimate of drug-likeness (QED) is 0.825. The number of rotatable bonds is 1. The van der Waals surface area contributed by atoms with Crippen molar-refractivity contribution in [2.45, 2.75) is 12.5 Å². The molecular formula is C12H12BrN3O2. The second kappa shape index (κ2) is 4.37. The molecule has 1 fully saturated rings. The highest BCUT2D eigenvalue weighted by atomic mass is 79.9. The van der Waals surface area contributed by atoms with Gasteiger partial charge in [-0.25, -0.2) is 4.79 Å². The third kappa shape index (κ3) is 1.81. The van der Waals surface area contributed by atoms with Crippen LogP contribution in [0.1, 0.15) is 12.5 Å². The Bertz CT molecular complexity index is 713. The van der Waals surface area contributed by atoms with Crippen LogP contribution >= 0.6 is 15.9 Å². The Morgan fingerprint density at radius 3 is 2.89 bits per heavy atom. The fraction of sp³-hybridized carbons (Fsp3) is 0.333. The summed E-state index contributed by atoms with van der Waals surface area (Å²) in [6, 6.07) is 5.23. The van der Waals surface area contributed by atoms with Crippen LogP contribution in [0.5, 0.6) is 0 Å². The number of halogens is 1. The van der Waals surface area contributed by atoms with Crippen molar-refractivity contribution in [3.8, 4) is 0 Å². The van der Waals surface area contributed by atoms with Crippen molar-refractivity contribution in [1.82, 2.24) is 14.9 Å². The van der Waals surface area contributed by atoms with Crippen LogP contribution in [0.15, 0.2) is 32.3 Å². The van der Waals surface area contributed by atoms with Crippen molar-refractivity contribution < 1.29 is 0 Å². The number of hydrogen-bond acceptors (Lipinski definition) is 3. The highest BCUT2D eigenvalue weighted by molar-refractivity contribution is 9.10. The highest BCUT2D eigenvalue weighted by Gasteiger charge is 2.20. The summed E-state index contributed by atoms with van der Waals surface area (Å²) in [6.07, 6.45) is 0.808. The predicted molar refractivity (Wildman–Crippen MR) is 73.1 cm³/mol. The van der Waals surface area contributed by atoms with Gasteiger partial charge in [0.15, 0.2) is 0 Å². The number of benzene rings is 1. The van der Waals surface area contributed by atoms with Crippen LogP contribution in [0.25, 0.3) is 10.9 Å². The molecule has 2 N–H and O–H groups in total. The minimum absolute atomic E-state index is 0.0513. The summed E-state index contributed by atoms with van der Waals surface area (Å²) in [7, 11) is 0. The average molecular weight is 310 g/mol. The number of fused-ring (bicyclic) bond motifs is 1. The number of nitrogens with one attached hydrogen (secondary N) is 2. The van der Waals surface area contributed by atoms with Crippen LogP contribution in [-0.2, 0) is 0 Å². The molecule has 94 valence electrons. The third-order valence-electron chi connectivity index (χ3n) is 3.29. The summed E-state index contributed by atoms with van der Waals surface area (Å²) in [5.74, 6) is 0. The summed E-state index contributed by atoms with van der Waals surface area (Å²) >= 11 is 3.34. The normalized spacial score (nSPS) is 19.5. The molecule has 0 radical (unpaired) electrons. The van der Waals surface area contributed by atoms with E-state index in [2.05, 4.69) is 26.2 Å². The number of H-pyrrole nitrogens is 1. The second-order valence-corrected chi connectivity index (χ2v) is 5.36. The summed E-state index contributed by atoms with van der Waals surface area (Å²) in [5.41, 5.74) is 0.0303. The molecule has 0 aliphatic carbocycles. The van der Waals surface area contributed by atoms with Gasteiger partial charge in [0.25, 0.3) is 5.56 Å². The van der Waals surface area contributed by atoms with Gasteiger partial charge in [-0.2, -0.15) is 0 Å². The van der Waals surface area contributed by atoms with Crippen molar-refractivity contribution in [2.24, 2.45) is 0 Å². The molecule has 6 heteroatoms. The molecule has 1 saturated heterocycles. The molecule has 3 rings (SSSR count). The van der Waals surface area contributed by atoms with E-state index in [0.29, 0.717) is 17.4 Å². The maximum Gasteiger partial charge on any atom is 0.329 e. The minimum atomic E-state index is -0.330. The monoisotopic (exact) mass is 309 g/mol. The Balaban J connectivity index is 2.32. The molecule has 1 aliphatic heterocycles. The second-order valence-electron chi connectivity index (χ2n) is 4.44. The third-order valence-corrected chi connectivity index (χ3v) is 3.78. The highest BCUT2D eigenvalue weighted by Crippen LogP contribution is 2.16. The SMILES string of the molecule is O=c1[nH]c2ccc(Br)cc2c(=O)n1C1CCNC1. The molecule has 0 saturated carbocycles. The van der Waals surface area contributed by atoms with Gasteiger partial charge in [0.1, 0.15) is 0 Å².